The second-order valence-electron chi connectivity index (χ2n) is 6.95. The van der Waals surface area contributed by atoms with E-state index in [1.807, 2.05) is 0 Å². The fourth-order valence-electron chi connectivity index (χ4n) is 3.35. The van der Waals surface area contributed by atoms with Gasteiger partial charge in [0.15, 0.2) is 0 Å². The highest BCUT2D eigenvalue weighted by Gasteiger charge is 2.23. The van der Waals surface area contributed by atoms with Gasteiger partial charge in [0.2, 0.25) is 0 Å². The lowest BCUT2D eigenvalue weighted by atomic mass is 10.00. The molecule has 0 amide bonds. The van der Waals surface area contributed by atoms with E-state index in [1.54, 1.807) is 0 Å². The van der Waals surface area contributed by atoms with Gasteiger partial charge in [-0.2, -0.15) is 0 Å². The van der Waals surface area contributed by atoms with Crippen LogP contribution in [0.15, 0.2) is 48.5 Å². The third kappa shape index (κ3) is 4.93. The molecule has 2 nitrogen and oxygen atoms in total. The molecule has 2 aromatic carbocycles. The van der Waals surface area contributed by atoms with Gasteiger partial charge in [-0.05, 0) is 35.1 Å². The first-order valence-electron chi connectivity index (χ1n) is 9.72. The summed E-state index contributed by atoms with van der Waals surface area (Å²) in [4.78, 5) is 0. The predicted octanol–water partition coefficient (Wildman–Crippen LogP) is 5.95. The molecule has 0 aliphatic carbocycles. The van der Waals surface area contributed by atoms with E-state index in [4.69, 9.17) is 9.47 Å². The summed E-state index contributed by atoms with van der Waals surface area (Å²) in [6.07, 6.45) is 6.32. The van der Waals surface area contributed by atoms with Crippen LogP contribution in [0.25, 0.3) is 11.1 Å². The van der Waals surface area contributed by atoms with Crippen LogP contribution in [0.1, 0.15) is 56.8 Å². The zero-order chi connectivity index (χ0) is 17.5. The van der Waals surface area contributed by atoms with Crippen LogP contribution in [0.2, 0.25) is 0 Å². The molecule has 1 fully saturated rings. The predicted molar refractivity (Wildman–Crippen MR) is 104 cm³/mol. The van der Waals surface area contributed by atoms with E-state index in [9.17, 15) is 0 Å². The lowest BCUT2D eigenvalue weighted by Crippen LogP contribution is -2.31. The van der Waals surface area contributed by atoms with Crippen LogP contribution in [-0.2, 0) is 15.9 Å². The lowest BCUT2D eigenvalue weighted by molar-refractivity contribution is -0.137. The third-order valence-corrected chi connectivity index (χ3v) is 5.07. The molecule has 0 N–H and O–H groups in total. The van der Waals surface area contributed by atoms with E-state index in [-0.39, 0.29) is 12.2 Å². The summed E-state index contributed by atoms with van der Waals surface area (Å²) < 4.78 is 12.1. The third-order valence-electron chi connectivity index (χ3n) is 5.07. The van der Waals surface area contributed by atoms with E-state index in [2.05, 4.69) is 62.4 Å². The number of unbranched alkanes of at least 4 members (excludes halogenated alkanes) is 2. The fourth-order valence-corrected chi connectivity index (χ4v) is 3.35. The number of ether oxygens (including phenoxy) is 2. The molecule has 3 rings (SSSR count). The first-order chi connectivity index (χ1) is 12.3. The van der Waals surface area contributed by atoms with Gasteiger partial charge < -0.3 is 9.47 Å². The highest BCUT2D eigenvalue weighted by molar-refractivity contribution is 5.64. The monoisotopic (exact) mass is 338 g/mol. The number of hydrogen-bond donors (Lipinski definition) is 0. The van der Waals surface area contributed by atoms with Gasteiger partial charge in [0.1, 0.15) is 6.10 Å². The Morgan fingerprint density at radius 1 is 0.800 bits per heavy atom. The average Bonchev–Trinajstić information content (AvgIpc) is 2.69. The minimum absolute atomic E-state index is 0.0685. The van der Waals surface area contributed by atoms with Gasteiger partial charge in [0.05, 0.1) is 19.3 Å². The highest BCUT2D eigenvalue weighted by Crippen LogP contribution is 2.27. The van der Waals surface area contributed by atoms with Gasteiger partial charge in [-0.1, -0.05) is 81.6 Å². The van der Waals surface area contributed by atoms with Crippen molar-refractivity contribution in [2.75, 3.05) is 13.2 Å². The molecule has 2 aromatic rings. The summed E-state index contributed by atoms with van der Waals surface area (Å²) >= 11 is 0. The molecule has 2 heteroatoms. The maximum Gasteiger partial charge on any atom is 0.106 e. The Bertz CT molecular complexity index is 622. The quantitative estimate of drug-likeness (QED) is 0.581. The largest absolute Gasteiger partial charge is 0.373 e. The molecular weight excluding hydrogens is 308 g/mol. The van der Waals surface area contributed by atoms with E-state index in [1.165, 1.54) is 41.5 Å². The van der Waals surface area contributed by atoms with Crippen molar-refractivity contribution in [2.24, 2.45) is 0 Å². The Balaban J connectivity index is 1.56. The smallest absolute Gasteiger partial charge is 0.106 e. The Labute approximate surface area is 152 Å². The normalized spacial score (nSPS) is 20.6. The zero-order valence-corrected chi connectivity index (χ0v) is 15.5. The maximum absolute atomic E-state index is 6.06. The zero-order valence-electron chi connectivity index (χ0n) is 15.5. The maximum atomic E-state index is 6.06. The van der Waals surface area contributed by atoms with Crippen molar-refractivity contribution in [3.8, 4) is 11.1 Å². The molecular formula is C23H30O2. The fraction of sp³-hybridized carbons (Fsp3) is 0.478. The van der Waals surface area contributed by atoms with Crippen molar-refractivity contribution in [2.45, 2.75) is 58.2 Å². The first kappa shape index (κ1) is 18.2. The summed E-state index contributed by atoms with van der Waals surface area (Å²) in [6.45, 7) is 5.80. The van der Waals surface area contributed by atoms with Crippen molar-refractivity contribution in [3.05, 3.63) is 59.7 Å². The Morgan fingerprint density at radius 3 is 2.04 bits per heavy atom. The summed E-state index contributed by atoms with van der Waals surface area (Å²) in [6, 6.07) is 17.5. The van der Waals surface area contributed by atoms with Crippen molar-refractivity contribution in [1.82, 2.24) is 0 Å². The van der Waals surface area contributed by atoms with Gasteiger partial charge >= 0.3 is 0 Å². The molecule has 0 radical (unpaired) electrons. The van der Waals surface area contributed by atoms with E-state index in [0.29, 0.717) is 13.2 Å². The second-order valence-corrected chi connectivity index (χ2v) is 6.95. The van der Waals surface area contributed by atoms with Crippen molar-refractivity contribution >= 4 is 0 Å². The summed E-state index contributed by atoms with van der Waals surface area (Å²) in [5.74, 6) is 0. The molecule has 25 heavy (non-hydrogen) atoms. The standard InChI is InChI=1S/C23H30O2/c1-3-5-6-7-22-16-25-23(17-24-22)21-14-12-20(13-15-21)19-10-8-18(4-2)9-11-19/h8-15,22-23H,3-7,16-17H2,1-2H3/t22-,23-/m1/s1. The van der Waals surface area contributed by atoms with Crippen LogP contribution in [0.4, 0.5) is 0 Å². The van der Waals surface area contributed by atoms with Gasteiger partial charge in [0.25, 0.3) is 0 Å². The molecule has 0 saturated carbocycles. The molecule has 0 unspecified atom stereocenters. The first-order valence-corrected chi connectivity index (χ1v) is 9.72. The molecule has 1 heterocycles. The van der Waals surface area contributed by atoms with Crippen LogP contribution in [0.5, 0.6) is 0 Å². The van der Waals surface area contributed by atoms with Gasteiger partial charge in [-0.3, -0.25) is 0 Å². The van der Waals surface area contributed by atoms with Crippen LogP contribution < -0.4 is 0 Å². The minimum atomic E-state index is 0.0685. The van der Waals surface area contributed by atoms with Crippen molar-refractivity contribution in [1.29, 1.82) is 0 Å². The number of hydrogen-bond acceptors (Lipinski definition) is 2. The van der Waals surface area contributed by atoms with E-state index < -0.39 is 0 Å². The van der Waals surface area contributed by atoms with Crippen LogP contribution in [0, 0.1) is 0 Å². The molecule has 2 atom stereocenters. The highest BCUT2D eigenvalue weighted by atomic mass is 16.6. The summed E-state index contributed by atoms with van der Waals surface area (Å²) in [5, 5.41) is 0. The van der Waals surface area contributed by atoms with Crippen LogP contribution in [-0.4, -0.2) is 19.3 Å². The van der Waals surface area contributed by atoms with Crippen molar-refractivity contribution < 1.29 is 9.47 Å². The lowest BCUT2D eigenvalue weighted by Gasteiger charge is -2.30. The Hall–Kier alpha value is -1.64. The van der Waals surface area contributed by atoms with Crippen LogP contribution in [0.3, 0.4) is 0 Å². The molecule has 0 bridgehead atoms. The number of aryl methyl sites for hydroxylation is 1. The molecule has 1 aliphatic heterocycles. The average molecular weight is 338 g/mol. The molecule has 1 saturated heterocycles. The van der Waals surface area contributed by atoms with E-state index in [0.717, 1.165) is 12.8 Å². The van der Waals surface area contributed by atoms with Crippen molar-refractivity contribution in [3.63, 3.8) is 0 Å². The number of benzene rings is 2. The second kappa shape index (κ2) is 9.17. The Kier molecular flexibility index (Phi) is 6.66. The minimum Gasteiger partial charge on any atom is -0.373 e. The summed E-state index contributed by atoms with van der Waals surface area (Å²) in [7, 11) is 0. The SMILES string of the molecule is CCCCC[C@@H]1CO[C@@H](c2ccc(-c3ccc(CC)cc3)cc2)CO1. The topological polar surface area (TPSA) is 18.5 Å². The van der Waals surface area contributed by atoms with Gasteiger partial charge in [-0.15, -0.1) is 0 Å². The molecule has 134 valence electrons. The summed E-state index contributed by atoms with van der Waals surface area (Å²) in [5.41, 5.74) is 5.10. The van der Waals surface area contributed by atoms with Gasteiger partial charge in [-0.25, -0.2) is 0 Å². The Morgan fingerprint density at radius 2 is 1.48 bits per heavy atom. The molecule has 1 aliphatic rings. The molecule has 0 spiro atoms. The van der Waals surface area contributed by atoms with E-state index >= 15 is 0 Å². The number of rotatable bonds is 7. The van der Waals surface area contributed by atoms with Gasteiger partial charge in [0, 0.05) is 0 Å². The molecule has 0 aromatic heterocycles. The van der Waals surface area contributed by atoms with Crippen LogP contribution >= 0.6 is 0 Å².